The molecule has 0 N–H and O–H groups in total. The number of aromatic nitrogens is 5. The van der Waals surface area contributed by atoms with Gasteiger partial charge in [-0.25, -0.2) is 4.98 Å². The second kappa shape index (κ2) is 6.64. The highest BCUT2D eigenvalue weighted by molar-refractivity contribution is 6.07. The first-order valence-corrected chi connectivity index (χ1v) is 8.53. The summed E-state index contributed by atoms with van der Waals surface area (Å²) in [7, 11) is 1.57. The van der Waals surface area contributed by atoms with E-state index in [1.54, 1.807) is 48.9 Å². The fraction of sp³-hybridized carbons (Fsp3) is 0.211. The second-order valence-corrected chi connectivity index (χ2v) is 6.06. The summed E-state index contributed by atoms with van der Waals surface area (Å²) in [5.74, 6) is 0.474. The van der Waals surface area contributed by atoms with Crippen molar-refractivity contribution in [2.75, 3.05) is 18.6 Å². The van der Waals surface area contributed by atoms with Crippen molar-refractivity contribution in [1.29, 1.82) is 0 Å². The Kier molecular flexibility index (Phi) is 4.15. The lowest BCUT2D eigenvalue weighted by atomic mass is 10.1. The van der Waals surface area contributed by atoms with E-state index in [0.29, 0.717) is 34.7 Å². The van der Waals surface area contributed by atoms with Crippen molar-refractivity contribution in [3.63, 3.8) is 0 Å². The number of fused-ring (bicyclic) bond motifs is 3. The fourth-order valence-electron chi connectivity index (χ4n) is 3.10. The molecule has 0 aliphatic rings. The Labute approximate surface area is 155 Å². The lowest BCUT2D eigenvalue weighted by molar-refractivity contribution is 0.0988. The standard InChI is InChI=1S/C19H18N6O2/c1-4-24(14-8-15(27-3)10-20-9-14)19(26)13-5-6-17-16(7-13)22-12(2)18-23-21-11-25(17)18/h5-11H,4H2,1-3H3. The molecule has 0 spiro atoms. The zero-order chi connectivity index (χ0) is 19.0. The zero-order valence-electron chi connectivity index (χ0n) is 15.2. The van der Waals surface area contributed by atoms with E-state index in [-0.39, 0.29) is 5.91 Å². The number of methoxy groups -OCH3 is 1. The number of carbonyl (C=O) groups is 1. The lowest BCUT2D eigenvalue weighted by Gasteiger charge is -2.21. The molecule has 0 bridgehead atoms. The van der Waals surface area contributed by atoms with Gasteiger partial charge in [0.25, 0.3) is 5.91 Å². The predicted octanol–water partition coefficient (Wildman–Crippen LogP) is 2.66. The van der Waals surface area contributed by atoms with E-state index < -0.39 is 0 Å². The summed E-state index contributed by atoms with van der Waals surface area (Å²) in [5, 5.41) is 8.03. The van der Waals surface area contributed by atoms with Gasteiger partial charge in [0.2, 0.25) is 0 Å². The summed E-state index contributed by atoms with van der Waals surface area (Å²) in [5.41, 5.74) is 4.26. The highest BCUT2D eigenvalue weighted by atomic mass is 16.5. The third kappa shape index (κ3) is 2.84. The van der Waals surface area contributed by atoms with E-state index in [2.05, 4.69) is 20.2 Å². The van der Waals surface area contributed by atoms with Crippen LogP contribution in [0.4, 0.5) is 5.69 Å². The van der Waals surface area contributed by atoms with Crippen LogP contribution in [0.25, 0.3) is 16.7 Å². The van der Waals surface area contributed by atoms with Gasteiger partial charge < -0.3 is 9.64 Å². The van der Waals surface area contributed by atoms with Crippen LogP contribution in [0.2, 0.25) is 0 Å². The van der Waals surface area contributed by atoms with Gasteiger partial charge in [-0.1, -0.05) is 0 Å². The molecule has 3 heterocycles. The number of carbonyl (C=O) groups excluding carboxylic acids is 1. The summed E-state index contributed by atoms with van der Waals surface area (Å²) < 4.78 is 7.08. The monoisotopic (exact) mass is 362 g/mol. The topological polar surface area (TPSA) is 85.5 Å². The summed E-state index contributed by atoms with van der Waals surface area (Å²) in [4.78, 5) is 23.5. The molecule has 8 nitrogen and oxygen atoms in total. The summed E-state index contributed by atoms with van der Waals surface area (Å²) in [6.07, 6.45) is 4.90. The van der Waals surface area contributed by atoms with E-state index >= 15 is 0 Å². The first-order valence-electron chi connectivity index (χ1n) is 8.53. The maximum absolute atomic E-state index is 13.1. The van der Waals surface area contributed by atoms with Gasteiger partial charge in [0.15, 0.2) is 5.65 Å². The molecule has 27 heavy (non-hydrogen) atoms. The number of rotatable bonds is 4. The number of hydrogen-bond donors (Lipinski definition) is 0. The number of benzene rings is 1. The third-order valence-electron chi connectivity index (χ3n) is 4.45. The molecule has 0 fully saturated rings. The van der Waals surface area contributed by atoms with Crippen LogP contribution in [0.3, 0.4) is 0 Å². The number of pyridine rings is 1. The van der Waals surface area contributed by atoms with Crippen LogP contribution in [0.15, 0.2) is 43.0 Å². The molecule has 0 aliphatic carbocycles. The third-order valence-corrected chi connectivity index (χ3v) is 4.45. The van der Waals surface area contributed by atoms with Gasteiger partial charge in [-0.05, 0) is 32.0 Å². The van der Waals surface area contributed by atoms with Crippen LogP contribution in [-0.4, -0.2) is 44.1 Å². The molecular formula is C19H18N6O2. The first-order chi connectivity index (χ1) is 13.1. The summed E-state index contributed by atoms with van der Waals surface area (Å²) in [6.45, 7) is 4.29. The molecule has 3 aromatic heterocycles. The van der Waals surface area contributed by atoms with E-state index in [9.17, 15) is 4.79 Å². The van der Waals surface area contributed by atoms with Crippen LogP contribution in [-0.2, 0) is 0 Å². The van der Waals surface area contributed by atoms with Crippen LogP contribution in [0.5, 0.6) is 5.75 Å². The Morgan fingerprint density at radius 3 is 2.89 bits per heavy atom. The molecule has 1 aromatic carbocycles. The molecule has 0 unspecified atom stereocenters. The minimum absolute atomic E-state index is 0.127. The van der Waals surface area contributed by atoms with Crippen molar-refractivity contribution in [2.45, 2.75) is 13.8 Å². The van der Waals surface area contributed by atoms with Gasteiger partial charge in [0, 0.05) is 18.2 Å². The number of anilines is 1. The normalized spacial score (nSPS) is 11.1. The Hall–Kier alpha value is -3.55. The highest BCUT2D eigenvalue weighted by Crippen LogP contribution is 2.23. The first kappa shape index (κ1) is 16.9. The fourth-order valence-corrected chi connectivity index (χ4v) is 3.10. The van der Waals surface area contributed by atoms with Gasteiger partial charge >= 0.3 is 0 Å². The molecule has 136 valence electrons. The van der Waals surface area contributed by atoms with Crippen LogP contribution in [0, 0.1) is 6.92 Å². The number of ether oxygens (including phenoxy) is 1. The smallest absolute Gasteiger partial charge is 0.258 e. The van der Waals surface area contributed by atoms with Crippen LogP contribution >= 0.6 is 0 Å². The quantitative estimate of drug-likeness (QED) is 0.555. The minimum atomic E-state index is -0.127. The van der Waals surface area contributed by atoms with E-state index in [1.165, 1.54) is 0 Å². The van der Waals surface area contributed by atoms with Gasteiger partial charge in [-0.15, -0.1) is 10.2 Å². The van der Waals surface area contributed by atoms with Gasteiger partial charge in [-0.2, -0.15) is 0 Å². The molecule has 0 atom stereocenters. The number of amides is 1. The molecule has 4 aromatic rings. The Balaban J connectivity index is 1.77. The molecule has 0 radical (unpaired) electrons. The maximum atomic E-state index is 13.1. The van der Waals surface area contributed by atoms with Crippen molar-refractivity contribution < 1.29 is 9.53 Å². The number of hydrogen-bond acceptors (Lipinski definition) is 6. The molecule has 4 rings (SSSR count). The van der Waals surface area contributed by atoms with Crippen LogP contribution in [0.1, 0.15) is 23.0 Å². The average molecular weight is 362 g/mol. The second-order valence-electron chi connectivity index (χ2n) is 6.06. The summed E-state index contributed by atoms with van der Waals surface area (Å²) in [6, 6.07) is 7.24. The predicted molar refractivity (Wildman–Crippen MR) is 101 cm³/mol. The SMILES string of the molecule is CCN(C(=O)c1ccc2c(c1)nc(C)c1nncn12)c1cncc(OC)c1. The largest absolute Gasteiger partial charge is 0.495 e. The van der Waals surface area contributed by atoms with Crippen molar-refractivity contribution in [2.24, 2.45) is 0 Å². The van der Waals surface area contributed by atoms with Crippen molar-refractivity contribution in [3.05, 3.63) is 54.2 Å². The number of aryl methyl sites for hydroxylation is 1. The van der Waals surface area contributed by atoms with Crippen molar-refractivity contribution >= 4 is 28.3 Å². The zero-order valence-corrected chi connectivity index (χ0v) is 15.2. The number of nitrogens with zero attached hydrogens (tertiary/aromatic N) is 6. The molecule has 0 saturated carbocycles. The molecule has 0 saturated heterocycles. The van der Waals surface area contributed by atoms with E-state index in [0.717, 1.165) is 11.2 Å². The molecule has 0 aliphatic heterocycles. The summed E-state index contributed by atoms with van der Waals surface area (Å²) >= 11 is 0. The van der Waals surface area contributed by atoms with Crippen molar-refractivity contribution in [1.82, 2.24) is 24.6 Å². The highest BCUT2D eigenvalue weighted by Gasteiger charge is 2.18. The van der Waals surface area contributed by atoms with Gasteiger partial charge in [0.1, 0.15) is 12.1 Å². The Morgan fingerprint density at radius 1 is 1.26 bits per heavy atom. The minimum Gasteiger partial charge on any atom is -0.495 e. The average Bonchev–Trinajstić information content (AvgIpc) is 3.19. The molecule has 1 amide bonds. The lowest BCUT2D eigenvalue weighted by Crippen LogP contribution is -2.30. The Bertz CT molecular complexity index is 1150. The van der Waals surface area contributed by atoms with Crippen molar-refractivity contribution in [3.8, 4) is 5.75 Å². The molecular weight excluding hydrogens is 344 g/mol. The van der Waals surface area contributed by atoms with Gasteiger partial charge in [-0.3, -0.25) is 14.2 Å². The Morgan fingerprint density at radius 2 is 2.11 bits per heavy atom. The van der Waals surface area contributed by atoms with E-state index in [1.807, 2.05) is 24.3 Å². The van der Waals surface area contributed by atoms with Gasteiger partial charge in [0.05, 0.1) is 41.9 Å². The van der Waals surface area contributed by atoms with E-state index in [4.69, 9.17) is 4.74 Å². The molecule has 8 heteroatoms. The van der Waals surface area contributed by atoms with Crippen LogP contribution < -0.4 is 9.64 Å². The maximum Gasteiger partial charge on any atom is 0.258 e.